The Balaban J connectivity index is 3.10. The molecule has 1 aromatic carbocycles. The van der Waals surface area contributed by atoms with Gasteiger partial charge in [-0.3, -0.25) is 4.90 Å². The fourth-order valence-electron chi connectivity index (χ4n) is 2.42. The Labute approximate surface area is 113 Å². The highest BCUT2D eigenvalue weighted by Crippen LogP contribution is 2.26. The summed E-state index contributed by atoms with van der Waals surface area (Å²) in [4.78, 5) is 1.95. The average Bonchev–Trinajstić information content (AvgIpc) is 2.37. The summed E-state index contributed by atoms with van der Waals surface area (Å²) in [7, 11) is 1.60. The number of halogens is 2. The largest absolute Gasteiger partial charge is 0.383 e. The Morgan fingerprint density at radius 3 is 2.32 bits per heavy atom. The number of ether oxygens (including phenoxy) is 1. The van der Waals surface area contributed by atoms with E-state index in [2.05, 4.69) is 0 Å². The molecule has 0 bridgehead atoms. The second kappa shape index (κ2) is 7.53. The van der Waals surface area contributed by atoms with Crippen molar-refractivity contribution in [2.45, 2.75) is 25.9 Å². The SMILES string of the molecule is CCN(C(C)COC)C(CN)c1c(F)cccc1F. The van der Waals surface area contributed by atoms with E-state index < -0.39 is 17.7 Å². The normalized spacial score (nSPS) is 14.7. The van der Waals surface area contributed by atoms with Gasteiger partial charge in [0.1, 0.15) is 11.6 Å². The van der Waals surface area contributed by atoms with Crippen LogP contribution in [0.2, 0.25) is 0 Å². The van der Waals surface area contributed by atoms with Gasteiger partial charge >= 0.3 is 0 Å². The molecule has 0 saturated carbocycles. The van der Waals surface area contributed by atoms with Crippen LogP contribution in [0.15, 0.2) is 18.2 Å². The molecule has 0 aromatic heterocycles. The number of hydrogen-bond donors (Lipinski definition) is 1. The van der Waals surface area contributed by atoms with Gasteiger partial charge in [-0.25, -0.2) is 8.78 Å². The van der Waals surface area contributed by atoms with Gasteiger partial charge in [0.2, 0.25) is 0 Å². The fraction of sp³-hybridized carbons (Fsp3) is 0.571. The van der Waals surface area contributed by atoms with E-state index in [1.807, 2.05) is 18.7 Å². The van der Waals surface area contributed by atoms with Crippen molar-refractivity contribution in [1.82, 2.24) is 4.90 Å². The van der Waals surface area contributed by atoms with Gasteiger partial charge in [-0.05, 0) is 25.6 Å². The maximum atomic E-state index is 13.9. The van der Waals surface area contributed by atoms with Gasteiger partial charge in [0.15, 0.2) is 0 Å². The molecule has 5 heteroatoms. The van der Waals surface area contributed by atoms with E-state index >= 15 is 0 Å². The first-order chi connectivity index (χ1) is 9.06. The van der Waals surface area contributed by atoms with Crippen molar-refractivity contribution in [3.8, 4) is 0 Å². The maximum absolute atomic E-state index is 13.9. The Bertz CT molecular complexity index is 381. The summed E-state index contributed by atoms with van der Waals surface area (Å²) in [5.41, 5.74) is 5.77. The van der Waals surface area contributed by atoms with Gasteiger partial charge in [-0.2, -0.15) is 0 Å². The van der Waals surface area contributed by atoms with Gasteiger partial charge in [0.25, 0.3) is 0 Å². The second-order valence-electron chi connectivity index (χ2n) is 4.52. The molecule has 0 heterocycles. The molecule has 0 radical (unpaired) electrons. The van der Waals surface area contributed by atoms with Gasteiger partial charge in [-0.15, -0.1) is 0 Å². The Morgan fingerprint density at radius 2 is 1.89 bits per heavy atom. The number of nitrogens with zero attached hydrogens (tertiary/aromatic N) is 1. The minimum atomic E-state index is -0.557. The lowest BCUT2D eigenvalue weighted by molar-refractivity contribution is 0.0728. The van der Waals surface area contributed by atoms with Crippen LogP contribution in [0.3, 0.4) is 0 Å². The Hall–Kier alpha value is -1.04. The highest BCUT2D eigenvalue weighted by Gasteiger charge is 2.27. The summed E-state index contributed by atoms with van der Waals surface area (Å²) in [6.45, 7) is 5.17. The first-order valence-electron chi connectivity index (χ1n) is 6.45. The van der Waals surface area contributed by atoms with E-state index in [1.165, 1.54) is 18.2 Å². The molecule has 0 aliphatic heterocycles. The van der Waals surface area contributed by atoms with Crippen LogP contribution >= 0.6 is 0 Å². The van der Waals surface area contributed by atoms with Crippen LogP contribution in [0.1, 0.15) is 25.5 Å². The molecule has 0 aliphatic carbocycles. The molecule has 2 N–H and O–H groups in total. The molecular weight excluding hydrogens is 250 g/mol. The predicted octanol–water partition coefficient (Wildman–Crippen LogP) is 2.32. The van der Waals surface area contributed by atoms with Crippen molar-refractivity contribution in [1.29, 1.82) is 0 Å². The number of benzene rings is 1. The number of nitrogens with two attached hydrogens (primary N) is 1. The molecule has 19 heavy (non-hydrogen) atoms. The highest BCUT2D eigenvalue weighted by atomic mass is 19.1. The first-order valence-corrected chi connectivity index (χ1v) is 6.45. The molecular formula is C14H22F2N2O. The van der Waals surface area contributed by atoms with Crippen molar-refractivity contribution in [3.05, 3.63) is 35.4 Å². The molecule has 3 nitrogen and oxygen atoms in total. The third kappa shape index (κ3) is 3.72. The van der Waals surface area contributed by atoms with Crippen LogP contribution in [-0.2, 0) is 4.74 Å². The molecule has 2 unspecified atom stereocenters. The first kappa shape index (κ1) is 16.0. The number of methoxy groups -OCH3 is 1. The minimum absolute atomic E-state index is 0.0301. The average molecular weight is 272 g/mol. The van der Waals surface area contributed by atoms with E-state index in [9.17, 15) is 8.78 Å². The van der Waals surface area contributed by atoms with Crippen molar-refractivity contribution >= 4 is 0 Å². The molecule has 2 atom stereocenters. The van der Waals surface area contributed by atoms with Gasteiger partial charge in [0, 0.05) is 25.3 Å². The Morgan fingerprint density at radius 1 is 1.32 bits per heavy atom. The second-order valence-corrected chi connectivity index (χ2v) is 4.52. The lowest BCUT2D eigenvalue weighted by atomic mass is 10.0. The highest BCUT2D eigenvalue weighted by molar-refractivity contribution is 5.24. The predicted molar refractivity (Wildman–Crippen MR) is 71.9 cm³/mol. The molecule has 0 amide bonds. The third-order valence-electron chi connectivity index (χ3n) is 3.30. The molecule has 1 aromatic rings. The smallest absolute Gasteiger partial charge is 0.130 e. The van der Waals surface area contributed by atoms with Gasteiger partial charge < -0.3 is 10.5 Å². The lowest BCUT2D eigenvalue weighted by Crippen LogP contribution is -2.42. The zero-order valence-corrected chi connectivity index (χ0v) is 11.7. The molecule has 0 aliphatic rings. The van der Waals surface area contributed by atoms with Crippen LogP contribution in [-0.4, -0.2) is 37.7 Å². The summed E-state index contributed by atoms with van der Waals surface area (Å²) in [5.74, 6) is -1.11. The monoisotopic (exact) mass is 272 g/mol. The molecule has 1 rings (SSSR count). The molecule has 0 fully saturated rings. The van der Waals surface area contributed by atoms with Crippen molar-refractivity contribution < 1.29 is 13.5 Å². The van der Waals surface area contributed by atoms with Gasteiger partial charge in [0.05, 0.1) is 12.6 Å². The van der Waals surface area contributed by atoms with Gasteiger partial charge in [-0.1, -0.05) is 13.0 Å². The zero-order chi connectivity index (χ0) is 14.4. The van der Waals surface area contributed by atoms with E-state index in [0.29, 0.717) is 13.2 Å². The van der Waals surface area contributed by atoms with Crippen LogP contribution in [0.5, 0.6) is 0 Å². The summed E-state index contributed by atoms with van der Waals surface area (Å²) >= 11 is 0. The van der Waals surface area contributed by atoms with E-state index in [1.54, 1.807) is 7.11 Å². The topological polar surface area (TPSA) is 38.5 Å². The summed E-state index contributed by atoms with van der Waals surface area (Å²) < 4.78 is 32.9. The molecule has 0 saturated heterocycles. The minimum Gasteiger partial charge on any atom is -0.383 e. The maximum Gasteiger partial charge on any atom is 0.130 e. The Kier molecular flexibility index (Phi) is 6.34. The number of rotatable bonds is 7. The molecule has 108 valence electrons. The number of hydrogen-bond acceptors (Lipinski definition) is 3. The lowest BCUT2D eigenvalue weighted by Gasteiger charge is -2.35. The third-order valence-corrected chi connectivity index (χ3v) is 3.30. The quantitative estimate of drug-likeness (QED) is 0.828. The van der Waals surface area contributed by atoms with Crippen LogP contribution in [0.4, 0.5) is 8.78 Å². The van der Waals surface area contributed by atoms with Crippen molar-refractivity contribution in [2.24, 2.45) is 5.73 Å². The van der Waals surface area contributed by atoms with Crippen molar-refractivity contribution in [2.75, 3.05) is 26.8 Å². The zero-order valence-electron chi connectivity index (χ0n) is 11.7. The van der Waals surface area contributed by atoms with Crippen molar-refractivity contribution in [3.63, 3.8) is 0 Å². The van der Waals surface area contributed by atoms with Crippen LogP contribution in [0, 0.1) is 11.6 Å². The number of likely N-dealkylation sites (N-methyl/N-ethyl adjacent to an activating group) is 1. The standard InChI is InChI=1S/C14H22F2N2O/c1-4-18(10(2)9-19-3)13(8-17)14-11(15)6-5-7-12(14)16/h5-7,10,13H,4,8-9,17H2,1-3H3. The molecule has 0 spiro atoms. The van der Waals surface area contributed by atoms with Crippen LogP contribution in [0.25, 0.3) is 0 Å². The summed E-state index contributed by atoms with van der Waals surface area (Å²) in [6.07, 6.45) is 0. The summed E-state index contributed by atoms with van der Waals surface area (Å²) in [6, 6.07) is 3.42. The van der Waals surface area contributed by atoms with Crippen LogP contribution < -0.4 is 5.73 Å². The fourth-order valence-corrected chi connectivity index (χ4v) is 2.42. The van der Waals surface area contributed by atoms with E-state index in [0.717, 1.165) is 0 Å². The summed E-state index contributed by atoms with van der Waals surface area (Å²) in [5, 5.41) is 0. The van der Waals surface area contributed by atoms with E-state index in [-0.39, 0.29) is 18.2 Å². The van der Waals surface area contributed by atoms with E-state index in [4.69, 9.17) is 10.5 Å².